The summed E-state index contributed by atoms with van der Waals surface area (Å²) in [7, 11) is -4.30. The summed E-state index contributed by atoms with van der Waals surface area (Å²) < 4.78 is 99.0. The van der Waals surface area contributed by atoms with Gasteiger partial charge in [-0.1, -0.05) is 0 Å². The maximum absolute atomic E-state index is 13.2. The van der Waals surface area contributed by atoms with Gasteiger partial charge in [-0.25, -0.2) is 13.6 Å². The van der Waals surface area contributed by atoms with Crippen LogP contribution in [0.2, 0.25) is 0 Å². The SMILES string of the molecule is NS(=O)(=O)c1ccc(NCC2CCN(CC(F)(F)F)C2)c(C(F)(F)F)c1. The number of rotatable bonds is 5. The van der Waals surface area contributed by atoms with E-state index < -0.39 is 39.4 Å². The minimum atomic E-state index is -4.82. The molecule has 1 aromatic carbocycles. The third-order valence-corrected chi connectivity index (χ3v) is 4.89. The van der Waals surface area contributed by atoms with E-state index in [2.05, 4.69) is 5.32 Å². The van der Waals surface area contributed by atoms with Crippen molar-refractivity contribution in [2.45, 2.75) is 23.7 Å². The highest BCUT2D eigenvalue weighted by atomic mass is 32.2. The molecule has 2 rings (SSSR count). The van der Waals surface area contributed by atoms with E-state index in [4.69, 9.17) is 5.14 Å². The van der Waals surface area contributed by atoms with E-state index in [1.807, 2.05) is 0 Å². The minimum absolute atomic E-state index is 0.0339. The number of anilines is 1. The maximum atomic E-state index is 13.2. The Morgan fingerprint density at radius 3 is 2.38 bits per heavy atom. The van der Waals surface area contributed by atoms with Crippen molar-refractivity contribution in [1.82, 2.24) is 4.90 Å². The number of primary sulfonamides is 1. The van der Waals surface area contributed by atoms with Gasteiger partial charge >= 0.3 is 12.4 Å². The Kier molecular flexibility index (Phi) is 5.78. The van der Waals surface area contributed by atoms with Crippen LogP contribution in [0.4, 0.5) is 32.0 Å². The van der Waals surface area contributed by atoms with Crippen molar-refractivity contribution < 1.29 is 34.8 Å². The number of hydrogen-bond acceptors (Lipinski definition) is 4. The molecule has 5 nitrogen and oxygen atoms in total. The average molecular weight is 405 g/mol. The second-order valence-corrected chi connectivity index (χ2v) is 7.70. The molecular weight excluding hydrogens is 388 g/mol. The molecule has 0 saturated carbocycles. The quantitative estimate of drug-likeness (QED) is 0.739. The first kappa shape index (κ1) is 20.8. The molecule has 1 fully saturated rings. The molecule has 148 valence electrons. The molecule has 26 heavy (non-hydrogen) atoms. The van der Waals surface area contributed by atoms with E-state index >= 15 is 0 Å². The van der Waals surface area contributed by atoms with Crippen molar-refractivity contribution >= 4 is 15.7 Å². The van der Waals surface area contributed by atoms with Crippen LogP contribution >= 0.6 is 0 Å². The lowest BCUT2D eigenvalue weighted by Gasteiger charge is -2.19. The van der Waals surface area contributed by atoms with Gasteiger partial charge < -0.3 is 5.32 Å². The first-order chi connectivity index (χ1) is 11.8. The lowest BCUT2D eigenvalue weighted by atomic mass is 10.1. The van der Waals surface area contributed by atoms with Crippen molar-refractivity contribution in [3.63, 3.8) is 0 Å². The zero-order valence-corrected chi connectivity index (χ0v) is 14.2. The van der Waals surface area contributed by atoms with Gasteiger partial charge in [-0.2, -0.15) is 26.3 Å². The van der Waals surface area contributed by atoms with Crippen molar-refractivity contribution in [2.75, 3.05) is 31.5 Å². The first-order valence-electron chi connectivity index (χ1n) is 7.53. The molecule has 3 N–H and O–H groups in total. The van der Waals surface area contributed by atoms with Gasteiger partial charge in [-0.3, -0.25) is 4.90 Å². The van der Waals surface area contributed by atoms with Gasteiger partial charge in [0.1, 0.15) is 0 Å². The third-order valence-electron chi connectivity index (χ3n) is 3.98. The average Bonchev–Trinajstić information content (AvgIpc) is 2.88. The number of likely N-dealkylation sites (tertiary alicyclic amines) is 1. The number of benzene rings is 1. The molecular formula is C14H17F6N3O2S. The molecule has 1 atom stereocenters. The van der Waals surface area contributed by atoms with E-state index in [1.165, 1.54) is 4.90 Å². The van der Waals surface area contributed by atoms with Crippen LogP contribution in [0.15, 0.2) is 23.1 Å². The summed E-state index contributed by atoms with van der Waals surface area (Å²) in [5, 5.41) is 7.41. The lowest BCUT2D eigenvalue weighted by Crippen LogP contribution is -2.33. The monoisotopic (exact) mass is 405 g/mol. The van der Waals surface area contributed by atoms with Crippen molar-refractivity contribution in [3.05, 3.63) is 23.8 Å². The molecule has 0 aliphatic carbocycles. The maximum Gasteiger partial charge on any atom is 0.418 e. The minimum Gasteiger partial charge on any atom is -0.384 e. The summed E-state index contributed by atoms with van der Waals surface area (Å²) >= 11 is 0. The Hall–Kier alpha value is -1.53. The molecule has 12 heteroatoms. The van der Waals surface area contributed by atoms with Crippen LogP contribution < -0.4 is 10.5 Å². The number of nitrogens with one attached hydrogen (secondary N) is 1. The molecule has 1 aromatic rings. The molecule has 1 heterocycles. The predicted octanol–water partition coefficient (Wildman–Crippen LogP) is 2.65. The van der Waals surface area contributed by atoms with E-state index in [0.29, 0.717) is 12.5 Å². The molecule has 0 bridgehead atoms. The van der Waals surface area contributed by atoms with E-state index in [-0.39, 0.29) is 31.2 Å². The smallest absolute Gasteiger partial charge is 0.384 e. The molecule has 1 aliphatic heterocycles. The Labute approximate surface area is 146 Å². The normalized spacial score (nSPS) is 19.7. The van der Waals surface area contributed by atoms with E-state index in [1.54, 1.807) is 0 Å². The lowest BCUT2D eigenvalue weighted by molar-refractivity contribution is -0.143. The highest BCUT2D eigenvalue weighted by molar-refractivity contribution is 7.89. The van der Waals surface area contributed by atoms with Crippen LogP contribution in [0.5, 0.6) is 0 Å². The third kappa shape index (κ3) is 5.74. The fourth-order valence-corrected chi connectivity index (χ4v) is 3.36. The van der Waals surface area contributed by atoms with Gasteiger partial charge in [-0.15, -0.1) is 0 Å². The van der Waals surface area contributed by atoms with Gasteiger partial charge in [0.05, 0.1) is 17.0 Å². The Balaban J connectivity index is 2.08. The van der Waals surface area contributed by atoms with Gasteiger partial charge in [0.2, 0.25) is 10.0 Å². The summed E-state index contributed by atoms with van der Waals surface area (Å²) in [6.07, 6.45) is -8.73. The van der Waals surface area contributed by atoms with Gasteiger partial charge in [0.15, 0.2) is 0 Å². The zero-order chi connectivity index (χ0) is 19.8. The molecule has 1 aliphatic rings. The van der Waals surface area contributed by atoms with Crippen LogP contribution in [0.1, 0.15) is 12.0 Å². The number of nitrogens with zero attached hydrogens (tertiary/aromatic N) is 1. The topological polar surface area (TPSA) is 75.4 Å². The number of sulfonamides is 1. The number of halogens is 6. The predicted molar refractivity (Wildman–Crippen MR) is 81.9 cm³/mol. The van der Waals surface area contributed by atoms with Crippen LogP contribution in [-0.2, 0) is 16.2 Å². The Morgan fingerprint density at radius 1 is 1.19 bits per heavy atom. The molecule has 0 aromatic heterocycles. The van der Waals surface area contributed by atoms with Gasteiger partial charge in [0, 0.05) is 18.8 Å². The van der Waals surface area contributed by atoms with Crippen LogP contribution in [0, 0.1) is 5.92 Å². The number of nitrogens with two attached hydrogens (primary N) is 1. The summed E-state index contributed by atoms with van der Waals surface area (Å²) in [5.74, 6) is -0.253. The summed E-state index contributed by atoms with van der Waals surface area (Å²) in [6, 6.07) is 2.32. The van der Waals surface area contributed by atoms with Crippen LogP contribution in [-0.4, -0.2) is 45.7 Å². The van der Waals surface area contributed by atoms with Gasteiger partial charge in [0.25, 0.3) is 0 Å². The molecule has 1 unspecified atom stereocenters. The van der Waals surface area contributed by atoms with Crippen molar-refractivity contribution in [3.8, 4) is 0 Å². The molecule has 0 amide bonds. The van der Waals surface area contributed by atoms with Crippen LogP contribution in [0.3, 0.4) is 0 Å². The van der Waals surface area contributed by atoms with Crippen LogP contribution in [0.25, 0.3) is 0 Å². The highest BCUT2D eigenvalue weighted by Crippen LogP contribution is 2.36. The second-order valence-electron chi connectivity index (χ2n) is 6.14. The Bertz CT molecular complexity index is 748. The first-order valence-corrected chi connectivity index (χ1v) is 9.07. The second kappa shape index (κ2) is 7.24. The fraction of sp³-hybridized carbons (Fsp3) is 0.571. The number of alkyl halides is 6. The zero-order valence-electron chi connectivity index (χ0n) is 13.4. The molecule has 1 saturated heterocycles. The Morgan fingerprint density at radius 2 is 1.85 bits per heavy atom. The van der Waals surface area contributed by atoms with Crippen molar-refractivity contribution in [2.24, 2.45) is 11.1 Å². The summed E-state index contributed by atoms with van der Waals surface area (Å²) in [4.78, 5) is 0.522. The van der Waals surface area contributed by atoms with E-state index in [9.17, 15) is 34.8 Å². The highest BCUT2D eigenvalue weighted by Gasteiger charge is 2.36. The summed E-state index contributed by atoms with van der Waals surface area (Å²) in [5.41, 5.74) is -1.55. The van der Waals surface area contributed by atoms with Gasteiger partial charge in [-0.05, 0) is 37.1 Å². The van der Waals surface area contributed by atoms with Crippen molar-refractivity contribution in [1.29, 1.82) is 0 Å². The number of hydrogen-bond donors (Lipinski definition) is 2. The summed E-state index contributed by atoms with van der Waals surface area (Å²) in [6.45, 7) is -0.696. The molecule has 0 spiro atoms. The largest absolute Gasteiger partial charge is 0.418 e. The molecule has 0 radical (unpaired) electrons. The van der Waals surface area contributed by atoms with E-state index in [0.717, 1.165) is 12.1 Å². The fourth-order valence-electron chi connectivity index (χ4n) is 2.82. The standard InChI is InChI=1S/C14H17F6N3O2S/c15-13(16,17)8-23-4-3-9(7-23)6-22-12-2-1-10(26(21,24)25)5-11(12)14(18,19)20/h1-2,5,9,22H,3-4,6-8H2,(H2,21,24,25).